The molecule has 0 radical (unpaired) electrons. The molecule has 1 N–H and O–H groups in total. The van der Waals surface area contributed by atoms with Crippen molar-refractivity contribution in [1.82, 2.24) is 5.32 Å². The third kappa shape index (κ3) is 3.24. The van der Waals surface area contributed by atoms with Crippen LogP contribution in [0.4, 0.5) is 5.69 Å². The molecule has 0 fully saturated rings. The molecule has 0 heterocycles. The zero-order valence-electron chi connectivity index (χ0n) is 8.08. The van der Waals surface area contributed by atoms with Gasteiger partial charge in [-0.1, -0.05) is 23.4 Å². The smallest absolute Gasteiger partial charge is 0.271 e. The van der Waals surface area contributed by atoms with E-state index in [2.05, 4.69) is 17.2 Å². The van der Waals surface area contributed by atoms with Crippen molar-refractivity contribution in [2.75, 3.05) is 13.6 Å². The number of non-ortho nitro benzene ring substituents is 1. The van der Waals surface area contributed by atoms with Crippen LogP contribution in [0.5, 0.6) is 0 Å². The summed E-state index contributed by atoms with van der Waals surface area (Å²) in [5.41, 5.74) is 0.566. The maximum atomic E-state index is 10.4. The summed E-state index contributed by atoms with van der Waals surface area (Å²) in [5, 5.41) is 13.6. The van der Waals surface area contributed by atoms with Crippen LogP contribution in [0.25, 0.3) is 0 Å². The molecule has 0 aliphatic heterocycles. The summed E-state index contributed by atoms with van der Waals surface area (Å²) in [6, 6.07) is 4.23. The number of halogens is 1. The average molecular weight is 225 g/mol. The summed E-state index contributed by atoms with van der Waals surface area (Å²) in [4.78, 5) is 9.94. The minimum Gasteiger partial charge on any atom is -0.309 e. The van der Waals surface area contributed by atoms with Gasteiger partial charge in [0.05, 0.1) is 16.5 Å². The first-order valence-corrected chi connectivity index (χ1v) is 4.60. The van der Waals surface area contributed by atoms with E-state index in [0.717, 1.165) is 0 Å². The van der Waals surface area contributed by atoms with E-state index in [1.807, 2.05) is 0 Å². The average Bonchev–Trinajstić information content (AvgIpc) is 2.20. The number of nitro benzene ring substituents is 1. The van der Waals surface area contributed by atoms with Crippen molar-refractivity contribution in [3.05, 3.63) is 38.9 Å². The molecule has 0 atom stereocenters. The number of rotatable bonds is 2. The molecule has 5 heteroatoms. The molecule has 1 rings (SSSR count). The molecule has 0 aliphatic carbocycles. The minimum absolute atomic E-state index is 0.0285. The molecule has 78 valence electrons. The highest BCUT2D eigenvalue weighted by Crippen LogP contribution is 2.21. The lowest BCUT2D eigenvalue weighted by atomic mass is 10.2. The second-order valence-corrected chi connectivity index (χ2v) is 3.16. The molecule has 0 saturated heterocycles. The standard InChI is InChI=1S/C10H9ClN2O2/c1-12-6-2-3-8-4-5-9(13(14)15)7-10(8)11/h4-5,7,12H,6H2,1H3. The summed E-state index contributed by atoms with van der Waals surface area (Å²) >= 11 is 5.83. The van der Waals surface area contributed by atoms with Crippen molar-refractivity contribution >= 4 is 17.3 Å². The molecule has 15 heavy (non-hydrogen) atoms. The van der Waals surface area contributed by atoms with Gasteiger partial charge >= 0.3 is 0 Å². The number of hydrogen-bond acceptors (Lipinski definition) is 3. The Bertz CT molecular complexity index is 435. The van der Waals surface area contributed by atoms with Gasteiger partial charge in [-0.15, -0.1) is 0 Å². The fourth-order valence-electron chi connectivity index (χ4n) is 0.947. The van der Waals surface area contributed by atoms with Gasteiger partial charge in [0, 0.05) is 17.7 Å². The lowest BCUT2D eigenvalue weighted by Gasteiger charge is -1.95. The third-order valence-corrected chi connectivity index (χ3v) is 1.96. The Labute approximate surface area is 92.4 Å². The highest BCUT2D eigenvalue weighted by Gasteiger charge is 2.07. The van der Waals surface area contributed by atoms with Crippen LogP contribution in [0.3, 0.4) is 0 Å². The van der Waals surface area contributed by atoms with E-state index in [-0.39, 0.29) is 5.69 Å². The highest BCUT2D eigenvalue weighted by molar-refractivity contribution is 6.32. The van der Waals surface area contributed by atoms with E-state index in [0.29, 0.717) is 17.1 Å². The van der Waals surface area contributed by atoms with Crippen LogP contribution < -0.4 is 5.32 Å². The van der Waals surface area contributed by atoms with Crippen molar-refractivity contribution in [2.45, 2.75) is 0 Å². The summed E-state index contributed by atoms with van der Waals surface area (Å²) in [6.45, 7) is 0.549. The van der Waals surface area contributed by atoms with Crippen molar-refractivity contribution in [1.29, 1.82) is 0 Å². The van der Waals surface area contributed by atoms with E-state index in [1.54, 1.807) is 13.1 Å². The van der Waals surface area contributed by atoms with E-state index in [1.165, 1.54) is 12.1 Å². The first-order valence-electron chi connectivity index (χ1n) is 4.22. The fourth-order valence-corrected chi connectivity index (χ4v) is 1.17. The van der Waals surface area contributed by atoms with Gasteiger partial charge in [0.2, 0.25) is 0 Å². The van der Waals surface area contributed by atoms with Crippen LogP contribution in [0, 0.1) is 22.0 Å². The maximum Gasteiger partial charge on any atom is 0.271 e. The van der Waals surface area contributed by atoms with Crippen LogP contribution in [-0.4, -0.2) is 18.5 Å². The molecular weight excluding hydrogens is 216 g/mol. The largest absolute Gasteiger partial charge is 0.309 e. The SMILES string of the molecule is CNCC#Cc1ccc([N+](=O)[O-])cc1Cl. The van der Waals surface area contributed by atoms with E-state index in [9.17, 15) is 10.1 Å². The fraction of sp³-hybridized carbons (Fsp3) is 0.200. The third-order valence-electron chi connectivity index (χ3n) is 1.65. The summed E-state index contributed by atoms with van der Waals surface area (Å²) in [6.07, 6.45) is 0. The topological polar surface area (TPSA) is 55.2 Å². The number of hydrogen-bond donors (Lipinski definition) is 1. The quantitative estimate of drug-likeness (QED) is 0.474. The Morgan fingerprint density at radius 1 is 1.60 bits per heavy atom. The number of benzene rings is 1. The predicted octanol–water partition coefficient (Wildman–Crippen LogP) is 1.82. The van der Waals surface area contributed by atoms with Gasteiger partial charge < -0.3 is 5.32 Å². The van der Waals surface area contributed by atoms with E-state index < -0.39 is 4.92 Å². The zero-order valence-corrected chi connectivity index (χ0v) is 8.84. The van der Waals surface area contributed by atoms with Crippen molar-refractivity contribution < 1.29 is 4.92 Å². The van der Waals surface area contributed by atoms with Crippen molar-refractivity contribution in [3.63, 3.8) is 0 Å². The summed E-state index contributed by atoms with van der Waals surface area (Å²) < 4.78 is 0. The molecule has 4 nitrogen and oxygen atoms in total. The van der Waals surface area contributed by atoms with Gasteiger partial charge in [0.25, 0.3) is 5.69 Å². The van der Waals surface area contributed by atoms with Crippen molar-refractivity contribution in [2.24, 2.45) is 0 Å². The Kier molecular flexibility index (Phi) is 4.10. The van der Waals surface area contributed by atoms with Crippen LogP contribution >= 0.6 is 11.6 Å². The van der Waals surface area contributed by atoms with Gasteiger partial charge in [0.1, 0.15) is 0 Å². The Balaban J connectivity index is 2.95. The van der Waals surface area contributed by atoms with Crippen LogP contribution in [-0.2, 0) is 0 Å². The highest BCUT2D eigenvalue weighted by atomic mass is 35.5. The number of nitro groups is 1. The molecule has 1 aromatic carbocycles. The van der Waals surface area contributed by atoms with Gasteiger partial charge in [0.15, 0.2) is 0 Å². The van der Waals surface area contributed by atoms with E-state index in [4.69, 9.17) is 11.6 Å². The lowest BCUT2D eigenvalue weighted by molar-refractivity contribution is -0.384. The molecule has 0 unspecified atom stereocenters. The first-order chi connectivity index (χ1) is 7.15. The molecular formula is C10H9ClN2O2. The normalized spacial score (nSPS) is 9.20. The Hall–Kier alpha value is -1.57. The van der Waals surface area contributed by atoms with Gasteiger partial charge in [-0.25, -0.2) is 0 Å². The molecule has 0 amide bonds. The lowest BCUT2D eigenvalue weighted by Crippen LogP contribution is -2.04. The second-order valence-electron chi connectivity index (χ2n) is 2.75. The van der Waals surface area contributed by atoms with Crippen LogP contribution in [0.15, 0.2) is 18.2 Å². The van der Waals surface area contributed by atoms with Crippen LogP contribution in [0.1, 0.15) is 5.56 Å². The summed E-state index contributed by atoms with van der Waals surface area (Å²) in [7, 11) is 1.78. The van der Waals surface area contributed by atoms with Gasteiger partial charge in [-0.3, -0.25) is 10.1 Å². The van der Waals surface area contributed by atoms with Crippen molar-refractivity contribution in [3.8, 4) is 11.8 Å². The first kappa shape index (κ1) is 11.5. The van der Waals surface area contributed by atoms with E-state index >= 15 is 0 Å². The number of nitrogens with zero attached hydrogens (tertiary/aromatic N) is 1. The molecule has 0 spiro atoms. The zero-order chi connectivity index (χ0) is 11.3. The van der Waals surface area contributed by atoms with Gasteiger partial charge in [-0.05, 0) is 13.1 Å². The minimum atomic E-state index is -0.489. The van der Waals surface area contributed by atoms with Crippen LogP contribution in [0.2, 0.25) is 5.02 Å². The molecule has 0 saturated carbocycles. The monoisotopic (exact) mass is 224 g/mol. The maximum absolute atomic E-state index is 10.4. The summed E-state index contributed by atoms with van der Waals surface area (Å²) in [5.74, 6) is 5.64. The second kappa shape index (κ2) is 5.35. The molecule has 0 bridgehead atoms. The Morgan fingerprint density at radius 3 is 2.87 bits per heavy atom. The molecule has 0 aromatic heterocycles. The predicted molar refractivity (Wildman–Crippen MR) is 58.9 cm³/mol. The van der Waals surface area contributed by atoms with Gasteiger partial charge in [-0.2, -0.15) is 0 Å². The molecule has 0 aliphatic rings. The Morgan fingerprint density at radius 2 is 2.33 bits per heavy atom. The number of nitrogens with one attached hydrogen (secondary N) is 1. The molecule has 1 aromatic rings.